The van der Waals surface area contributed by atoms with Gasteiger partial charge in [0, 0.05) is 41.4 Å². The van der Waals surface area contributed by atoms with Crippen LogP contribution in [0.5, 0.6) is 0 Å². The van der Waals surface area contributed by atoms with Crippen LogP contribution in [0.4, 0.5) is 5.69 Å². The number of nitrogens with two attached hydrogens (primary N) is 1. The van der Waals surface area contributed by atoms with Gasteiger partial charge in [-0.2, -0.15) is 5.26 Å². The Morgan fingerprint density at radius 1 is 1.22 bits per heavy atom. The summed E-state index contributed by atoms with van der Waals surface area (Å²) in [5.41, 5.74) is 8.79. The molecule has 1 aliphatic heterocycles. The van der Waals surface area contributed by atoms with E-state index in [2.05, 4.69) is 24.0 Å². The molecule has 0 bridgehead atoms. The molecule has 0 aromatic heterocycles. The minimum Gasteiger partial charge on any atom is -0.397 e. The fourth-order valence-electron chi connectivity index (χ4n) is 4.81. The molecule has 4 rings (SSSR count). The normalized spacial score (nSPS) is 20.5. The Hall–Kier alpha value is -2.58. The largest absolute Gasteiger partial charge is 0.397 e. The standard InChI is InChI=1S/C27H34N4O4S.CH4/c1-26(33,16-32)20-3-2-10-31(15-20)27(34,35)23-9-7-18(11-22(23)17-4-5-17)24(29)14-30-21-8-6-19(13-28)25(36)12-21;/h6-9,11-12,14,17,20,30,32-36H,2-5,10,15-16,29H2,1H3;1H4/b24-14-;/t20?,26-;/m1./s1. The van der Waals surface area contributed by atoms with E-state index in [1.54, 1.807) is 48.4 Å². The van der Waals surface area contributed by atoms with Gasteiger partial charge in [0.25, 0.3) is 5.91 Å². The van der Waals surface area contributed by atoms with Crippen molar-refractivity contribution >= 4 is 24.0 Å². The van der Waals surface area contributed by atoms with Gasteiger partial charge in [0.05, 0.1) is 23.5 Å². The highest BCUT2D eigenvalue weighted by atomic mass is 32.1. The number of benzene rings is 2. The Morgan fingerprint density at radius 2 is 1.95 bits per heavy atom. The topological polar surface area (TPSA) is 146 Å². The number of piperidine rings is 1. The fourth-order valence-corrected chi connectivity index (χ4v) is 5.07. The Morgan fingerprint density at radius 3 is 2.57 bits per heavy atom. The van der Waals surface area contributed by atoms with Crippen LogP contribution in [0.3, 0.4) is 0 Å². The van der Waals surface area contributed by atoms with E-state index in [0.29, 0.717) is 41.1 Å². The van der Waals surface area contributed by atoms with Crippen LogP contribution in [-0.2, 0) is 5.91 Å². The van der Waals surface area contributed by atoms with Crippen molar-refractivity contribution in [2.75, 3.05) is 25.0 Å². The molecule has 1 aliphatic carbocycles. The van der Waals surface area contributed by atoms with Crippen LogP contribution < -0.4 is 11.1 Å². The number of nitrogens with zero attached hydrogens (tertiary/aromatic N) is 2. The summed E-state index contributed by atoms with van der Waals surface area (Å²) in [6.45, 7) is 1.94. The zero-order chi connectivity index (χ0) is 26.1. The highest BCUT2D eigenvalue weighted by Crippen LogP contribution is 2.45. The van der Waals surface area contributed by atoms with E-state index >= 15 is 0 Å². The zero-order valence-electron chi connectivity index (χ0n) is 20.4. The molecule has 9 heteroatoms. The molecule has 8 nitrogen and oxygen atoms in total. The first-order valence-electron chi connectivity index (χ1n) is 12.2. The number of hydrogen-bond acceptors (Lipinski definition) is 9. The lowest BCUT2D eigenvalue weighted by atomic mass is 9.82. The molecular weight excluding hydrogens is 488 g/mol. The molecular formula is C28H38N4O4S. The fraction of sp³-hybridized carbons (Fsp3) is 0.464. The van der Waals surface area contributed by atoms with Crippen molar-refractivity contribution in [3.63, 3.8) is 0 Å². The zero-order valence-corrected chi connectivity index (χ0v) is 21.2. The molecule has 2 aromatic rings. The lowest BCUT2D eigenvalue weighted by Crippen LogP contribution is -2.55. The molecule has 1 saturated carbocycles. The summed E-state index contributed by atoms with van der Waals surface area (Å²) in [5.74, 6) is -2.25. The lowest BCUT2D eigenvalue weighted by Gasteiger charge is -2.45. The average Bonchev–Trinajstić information content (AvgIpc) is 3.72. The Bertz CT molecular complexity index is 1190. The van der Waals surface area contributed by atoms with Gasteiger partial charge in [-0.1, -0.05) is 19.6 Å². The maximum Gasteiger partial charge on any atom is 0.253 e. The predicted molar refractivity (Wildman–Crippen MR) is 147 cm³/mol. The van der Waals surface area contributed by atoms with E-state index in [9.17, 15) is 20.4 Å². The van der Waals surface area contributed by atoms with Gasteiger partial charge in [-0.25, -0.2) is 4.90 Å². The smallest absolute Gasteiger partial charge is 0.253 e. The number of rotatable bonds is 8. The third-order valence-corrected chi connectivity index (χ3v) is 7.71. The summed E-state index contributed by atoms with van der Waals surface area (Å²) in [5, 5.41) is 55.0. The first kappa shape index (κ1) is 29.0. The summed E-state index contributed by atoms with van der Waals surface area (Å²) in [6, 6.07) is 12.7. The second-order valence-corrected chi connectivity index (χ2v) is 10.6. The van der Waals surface area contributed by atoms with Gasteiger partial charge in [-0.05, 0) is 73.9 Å². The van der Waals surface area contributed by atoms with Crippen LogP contribution >= 0.6 is 12.6 Å². The quantitative estimate of drug-likeness (QED) is 0.205. The molecule has 2 atom stereocenters. The molecule has 1 unspecified atom stereocenters. The van der Waals surface area contributed by atoms with Crippen molar-refractivity contribution in [2.24, 2.45) is 11.7 Å². The van der Waals surface area contributed by atoms with Crippen molar-refractivity contribution in [2.45, 2.75) is 62.4 Å². The van der Waals surface area contributed by atoms with Gasteiger partial charge in [-0.3, -0.25) is 0 Å². The van der Waals surface area contributed by atoms with Crippen LogP contribution in [-0.4, -0.2) is 50.6 Å². The molecule has 200 valence electrons. The third kappa shape index (κ3) is 6.29. The third-order valence-electron chi connectivity index (χ3n) is 7.34. The van der Waals surface area contributed by atoms with E-state index in [1.165, 1.54) is 0 Å². The van der Waals surface area contributed by atoms with Crippen LogP contribution in [0, 0.1) is 17.2 Å². The van der Waals surface area contributed by atoms with Crippen molar-refractivity contribution in [3.8, 4) is 6.07 Å². The van der Waals surface area contributed by atoms with Gasteiger partial charge < -0.3 is 31.5 Å². The second kappa shape index (κ2) is 11.4. The van der Waals surface area contributed by atoms with Crippen molar-refractivity contribution in [1.82, 2.24) is 4.90 Å². The van der Waals surface area contributed by atoms with Gasteiger partial charge in [0.1, 0.15) is 6.07 Å². The molecule has 2 aromatic carbocycles. The number of anilines is 1. The molecule has 2 fully saturated rings. The average molecular weight is 527 g/mol. The summed E-state index contributed by atoms with van der Waals surface area (Å²) in [7, 11) is 0. The summed E-state index contributed by atoms with van der Waals surface area (Å²) in [4.78, 5) is 2.14. The van der Waals surface area contributed by atoms with Crippen molar-refractivity contribution in [3.05, 3.63) is 64.9 Å². The van der Waals surface area contributed by atoms with Crippen LogP contribution in [0.15, 0.2) is 47.5 Å². The van der Waals surface area contributed by atoms with E-state index < -0.39 is 11.5 Å². The minimum atomic E-state index is -2.21. The first-order valence-corrected chi connectivity index (χ1v) is 12.6. The highest BCUT2D eigenvalue weighted by Gasteiger charge is 2.44. The summed E-state index contributed by atoms with van der Waals surface area (Å²) >= 11 is 4.32. The van der Waals surface area contributed by atoms with Crippen LogP contribution in [0.1, 0.15) is 68.2 Å². The number of aliphatic hydroxyl groups is 4. The monoisotopic (exact) mass is 526 g/mol. The predicted octanol–water partition coefficient (Wildman–Crippen LogP) is 3.28. The van der Waals surface area contributed by atoms with Crippen LogP contribution in [0.2, 0.25) is 0 Å². The first-order chi connectivity index (χ1) is 17.1. The van der Waals surface area contributed by atoms with E-state index in [-0.39, 0.29) is 32.4 Å². The lowest BCUT2D eigenvalue weighted by molar-refractivity contribution is -0.287. The molecule has 0 radical (unpaired) electrons. The maximum absolute atomic E-state index is 11.3. The van der Waals surface area contributed by atoms with Gasteiger partial charge >= 0.3 is 0 Å². The molecule has 37 heavy (non-hydrogen) atoms. The van der Waals surface area contributed by atoms with Gasteiger partial charge in [0.2, 0.25) is 0 Å². The highest BCUT2D eigenvalue weighted by molar-refractivity contribution is 7.80. The van der Waals surface area contributed by atoms with Crippen LogP contribution in [0.25, 0.3) is 5.70 Å². The number of likely N-dealkylation sites (tertiary alicyclic amines) is 1. The SMILES string of the molecule is C.C[C@@](O)(CO)C1CCCN(C(O)(O)c2ccc(/C(N)=C/Nc3ccc(C#N)c(S)c3)cc2C2CC2)C1. The van der Waals surface area contributed by atoms with Crippen molar-refractivity contribution in [1.29, 1.82) is 5.26 Å². The number of thiol groups is 1. The summed E-state index contributed by atoms with van der Waals surface area (Å²) in [6.07, 6.45) is 4.98. The summed E-state index contributed by atoms with van der Waals surface area (Å²) < 4.78 is 0. The van der Waals surface area contributed by atoms with E-state index in [4.69, 9.17) is 11.0 Å². The van der Waals surface area contributed by atoms with Crippen molar-refractivity contribution < 1.29 is 20.4 Å². The Balaban J connectivity index is 0.00000380. The second-order valence-electron chi connectivity index (χ2n) is 10.1. The number of nitrogens with one attached hydrogen (secondary N) is 1. The molecule has 1 heterocycles. The Labute approximate surface area is 224 Å². The molecule has 0 spiro atoms. The maximum atomic E-state index is 11.3. The number of nitriles is 1. The molecule has 7 N–H and O–H groups in total. The van der Waals surface area contributed by atoms with Gasteiger partial charge in [0.15, 0.2) is 0 Å². The number of aliphatic hydroxyl groups excluding tert-OH is 1. The Kier molecular flexibility index (Phi) is 8.96. The van der Waals surface area contributed by atoms with E-state index in [0.717, 1.165) is 29.7 Å². The van der Waals surface area contributed by atoms with Gasteiger partial charge in [-0.15, -0.1) is 12.6 Å². The minimum absolute atomic E-state index is 0. The molecule has 2 aliphatic rings. The number of hydrogen-bond donors (Lipinski definition) is 7. The molecule has 1 saturated heterocycles. The molecule has 0 amide bonds. The van der Waals surface area contributed by atoms with E-state index in [1.807, 2.05) is 6.07 Å².